The molecular weight excluding hydrogens is 320 g/mol. The highest BCUT2D eigenvalue weighted by molar-refractivity contribution is 9.11. The molecule has 1 aromatic carbocycles. The fourth-order valence-corrected chi connectivity index (χ4v) is 3.43. The van der Waals surface area contributed by atoms with E-state index in [4.69, 9.17) is 5.73 Å². The highest BCUT2D eigenvalue weighted by Gasteiger charge is 2.19. The van der Waals surface area contributed by atoms with Gasteiger partial charge in [-0.1, -0.05) is 26.0 Å². The van der Waals surface area contributed by atoms with Crippen LogP contribution in [0.5, 0.6) is 0 Å². The first-order valence-electron chi connectivity index (χ1n) is 6.28. The van der Waals surface area contributed by atoms with Crippen LogP contribution >= 0.6 is 27.3 Å². The molecule has 4 heteroatoms. The Bertz CT molecular complexity index is 531. The summed E-state index contributed by atoms with van der Waals surface area (Å²) < 4.78 is 1.18. The summed E-state index contributed by atoms with van der Waals surface area (Å²) >= 11 is 5.26. The molecule has 0 aliphatic carbocycles. The number of rotatable bonds is 5. The summed E-state index contributed by atoms with van der Waals surface area (Å²) in [5.74, 6) is 0. The van der Waals surface area contributed by atoms with Crippen molar-refractivity contribution in [3.05, 3.63) is 50.6 Å². The monoisotopic (exact) mass is 338 g/mol. The molecule has 0 atom stereocenters. The fraction of sp³-hybridized carbons (Fsp3) is 0.333. The number of anilines is 1. The van der Waals surface area contributed by atoms with Crippen LogP contribution in [0.15, 0.2) is 40.2 Å². The number of nitrogens with one attached hydrogen (secondary N) is 1. The minimum absolute atomic E-state index is 0.0994. The zero-order valence-electron chi connectivity index (χ0n) is 11.2. The number of halogens is 1. The molecule has 2 rings (SSSR count). The van der Waals surface area contributed by atoms with Gasteiger partial charge in [0.15, 0.2) is 0 Å². The average Bonchev–Trinajstić information content (AvgIpc) is 2.75. The highest BCUT2D eigenvalue weighted by atomic mass is 79.9. The van der Waals surface area contributed by atoms with Gasteiger partial charge in [-0.3, -0.25) is 0 Å². The van der Waals surface area contributed by atoms with E-state index in [0.717, 1.165) is 18.8 Å². The van der Waals surface area contributed by atoms with E-state index < -0.39 is 0 Å². The predicted octanol–water partition coefficient (Wildman–Crippen LogP) is 4.16. The van der Waals surface area contributed by atoms with Crippen molar-refractivity contribution in [1.82, 2.24) is 5.32 Å². The number of nitrogen functional groups attached to an aromatic ring is 1. The predicted molar refractivity (Wildman–Crippen MR) is 87.6 cm³/mol. The van der Waals surface area contributed by atoms with Gasteiger partial charge in [-0.15, -0.1) is 11.3 Å². The van der Waals surface area contributed by atoms with E-state index >= 15 is 0 Å². The number of thiophene rings is 1. The normalized spacial score (nSPS) is 11.7. The third-order valence-corrected chi connectivity index (χ3v) is 4.81. The van der Waals surface area contributed by atoms with Crippen molar-refractivity contribution in [2.75, 3.05) is 12.3 Å². The lowest BCUT2D eigenvalue weighted by molar-refractivity contribution is 0.470. The van der Waals surface area contributed by atoms with Gasteiger partial charge in [0, 0.05) is 29.1 Å². The Morgan fingerprint density at radius 1 is 1.16 bits per heavy atom. The van der Waals surface area contributed by atoms with E-state index in [1.807, 2.05) is 12.1 Å². The Kier molecular flexibility index (Phi) is 4.66. The Morgan fingerprint density at radius 2 is 1.84 bits per heavy atom. The van der Waals surface area contributed by atoms with Crippen LogP contribution in [-0.4, -0.2) is 6.54 Å². The van der Waals surface area contributed by atoms with Crippen molar-refractivity contribution in [2.24, 2.45) is 0 Å². The Balaban J connectivity index is 1.92. The molecule has 19 heavy (non-hydrogen) atoms. The minimum Gasteiger partial charge on any atom is -0.399 e. The summed E-state index contributed by atoms with van der Waals surface area (Å²) in [5.41, 5.74) is 7.95. The van der Waals surface area contributed by atoms with Gasteiger partial charge in [0.25, 0.3) is 0 Å². The van der Waals surface area contributed by atoms with Crippen LogP contribution in [0.1, 0.15) is 24.3 Å². The number of nitrogens with two attached hydrogens (primary N) is 1. The molecular formula is C15H19BrN2S. The van der Waals surface area contributed by atoms with Crippen LogP contribution in [-0.2, 0) is 12.0 Å². The number of hydrogen-bond donors (Lipinski definition) is 2. The fourth-order valence-electron chi connectivity index (χ4n) is 1.98. The molecule has 0 radical (unpaired) electrons. The van der Waals surface area contributed by atoms with Crippen LogP contribution in [0, 0.1) is 0 Å². The van der Waals surface area contributed by atoms with E-state index in [9.17, 15) is 0 Å². The second kappa shape index (κ2) is 6.07. The van der Waals surface area contributed by atoms with Gasteiger partial charge in [0.2, 0.25) is 0 Å². The Morgan fingerprint density at radius 3 is 2.42 bits per heavy atom. The molecule has 0 aliphatic rings. The third-order valence-electron chi connectivity index (χ3n) is 3.19. The largest absolute Gasteiger partial charge is 0.399 e. The van der Waals surface area contributed by atoms with E-state index in [-0.39, 0.29) is 5.41 Å². The first kappa shape index (κ1) is 14.6. The molecule has 2 nitrogen and oxygen atoms in total. The molecule has 102 valence electrons. The van der Waals surface area contributed by atoms with Crippen LogP contribution in [0.3, 0.4) is 0 Å². The summed E-state index contributed by atoms with van der Waals surface area (Å²) in [7, 11) is 0. The van der Waals surface area contributed by atoms with Crippen LogP contribution in [0.25, 0.3) is 0 Å². The number of benzene rings is 1. The smallest absolute Gasteiger partial charge is 0.0701 e. The molecule has 0 saturated heterocycles. The SMILES string of the molecule is CC(C)(CNCc1ccc(Br)s1)c1ccc(N)cc1. The van der Waals surface area contributed by atoms with Crippen molar-refractivity contribution < 1.29 is 0 Å². The maximum Gasteiger partial charge on any atom is 0.0701 e. The molecule has 0 bridgehead atoms. The van der Waals surface area contributed by atoms with E-state index in [0.29, 0.717) is 0 Å². The summed E-state index contributed by atoms with van der Waals surface area (Å²) in [6.07, 6.45) is 0. The molecule has 0 amide bonds. The molecule has 0 aliphatic heterocycles. The number of hydrogen-bond acceptors (Lipinski definition) is 3. The van der Waals surface area contributed by atoms with Crippen molar-refractivity contribution in [1.29, 1.82) is 0 Å². The Hall–Kier alpha value is -0.840. The lowest BCUT2D eigenvalue weighted by atomic mass is 9.84. The first-order valence-corrected chi connectivity index (χ1v) is 7.89. The zero-order chi connectivity index (χ0) is 13.9. The van der Waals surface area contributed by atoms with Crippen molar-refractivity contribution in [2.45, 2.75) is 25.8 Å². The molecule has 1 heterocycles. The molecule has 0 saturated carbocycles. The van der Waals surface area contributed by atoms with Gasteiger partial charge in [0.05, 0.1) is 3.79 Å². The summed E-state index contributed by atoms with van der Waals surface area (Å²) in [5, 5.41) is 3.53. The van der Waals surface area contributed by atoms with Crippen molar-refractivity contribution in [3.63, 3.8) is 0 Å². The second-order valence-corrected chi connectivity index (χ2v) is 7.86. The zero-order valence-corrected chi connectivity index (χ0v) is 13.6. The molecule has 0 unspecified atom stereocenters. The minimum atomic E-state index is 0.0994. The molecule has 0 fully saturated rings. The van der Waals surface area contributed by atoms with Gasteiger partial charge in [-0.05, 0) is 45.8 Å². The molecule has 2 aromatic rings. The third kappa shape index (κ3) is 4.06. The Labute approximate surface area is 127 Å². The topological polar surface area (TPSA) is 38.0 Å². The van der Waals surface area contributed by atoms with Gasteiger partial charge in [0.1, 0.15) is 0 Å². The summed E-state index contributed by atoms with van der Waals surface area (Å²) in [6.45, 7) is 6.34. The quantitative estimate of drug-likeness (QED) is 0.803. The molecule has 0 spiro atoms. The molecule has 1 aromatic heterocycles. The van der Waals surface area contributed by atoms with Crippen molar-refractivity contribution >= 4 is 33.0 Å². The van der Waals surface area contributed by atoms with Gasteiger partial charge in [-0.25, -0.2) is 0 Å². The highest BCUT2D eigenvalue weighted by Crippen LogP contribution is 2.24. The summed E-state index contributed by atoms with van der Waals surface area (Å²) in [4.78, 5) is 1.35. The maximum atomic E-state index is 5.73. The van der Waals surface area contributed by atoms with Gasteiger partial charge >= 0.3 is 0 Å². The first-order chi connectivity index (χ1) is 8.97. The lowest BCUT2D eigenvalue weighted by Gasteiger charge is -2.25. The second-order valence-electron chi connectivity index (χ2n) is 5.32. The van der Waals surface area contributed by atoms with E-state index in [1.54, 1.807) is 11.3 Å². The van der Waals surface area contributed by atoms with Crippen LogP contribution in [0.2, 0.25) is 0 Å². The summed E-state index contributed by atoms with van der Waals surface area (Å²) in [6, 6.07) is 12.4. The lowest BCUT2D eigenvalue weighted by Crippen LogP contribution is -2.32. The standard InChI is InChI=1S/C15H19BrN2S/c1-15(2,11-3-5-12(17)6-4-11)10-18-9-13-7-8-14(16)19-13/h3-8,18H,9-10,17H2,1-2H3. The molecule has 3 N–H and O–H groups in total. The maximum absolute atomic E-state index is 5.73. The van der Waals surface area contributed by atoms with Gasteiger partial charge < -0.3 is 11.1 Å². The van der Waals surface area contributed by atoms with E-state index in [1.165, 1.54) is 14.2 Å². The van der Waals surface area contributed by atoms with E-state index in [2.05, 4.69) is 59.4 Å². The average molecular weight is 339 g/mol. The van der Waals surface area contributed by atoms with Crippen LogP contribution in [0.4, 0.5) is 5.69 Å². The van der Waals surface area contributed by atoms with Crippen LogP contribution < -0.4 is 11.1 Å². The van der Waals surface area contributed by atoms with Crippen molar-refractivity contribution in [3.8, 4) is 0 Å². The van der Waals surface area contributed by atoms with Gasteiger partial charge in [-0.2, -0.15) is 0 Å².